The number of rotatable bonds is 4. The molecule has 0 aliphatic carbocycles. The molecule has 0 aromatic carbocycles. The molecule has 0 unspecified atom stereocenters. The van der Waals surface area contributed by atoms with Gasteiger partial charge < -0.3 is 10.1 Å². The average Bonchev–Trinajstić information content (AvgIpc) is 2.10. The first kappa shape index (κ1) is 13.7. The van der Waals surface area contributed by atoms with Gasteiger partial charge in [0.25, 0.3) is 0 Å². The third-order valence-electron chi connectivity index (χ3n) is 1.67. The Morgan fingerprint density at radius 2 is 2.00 bits per heavy atom. The van der Waals surface area contributed by atoms with Crippen molar-refractivity contribution in [1.82, 2.24) is 5.32 Å². The molecule has 0 aromatic heterocycles. The van der Waals surface area contributed by atoms with Gasteiger partial charge in [-0.05, 0) is 20.8 Å². The maximum atomic E-state index is 11.3. The number of carbonyl (C=O) groups is 2. The van der Waals surface area contributed by atoms with Gasteiger partial charge in [-0.3, -0.25) is 4.79 Å². The molecular formula is C11H19NO3. The average molecular weight is 213 g/mol. The fraction of sp³-hybridized carbons (Fsp3) is 0.636. The molecule has 1 atom stereocenters. The Morgan fingerprint density at radius 1 is 1.47 bits per heavy atom. The molecule has 0 aliphatic rings. The van der Waals surface area contributed by atoms with Gasteiger partial charge in [-0.1, -0.05) is 13.0 Å². The number of hydrogen-bond donors (Lipinski definition) is 1. The summed E-state index contributed by atoms with van der Waals surface area (Å²) in [6.45, 7) is 10.5. The minimum absolute atomic E-state index is 0.0257. The smallest absolute Gasteiger partial charge is 0.408 e. The van der Waals surface area contributed by atoms with Crippen molar-refractivity contribution in [2.24, 2.45) is 5.92 Å². The largest absolute Gasteiger partial charge is 0.444 e. The van der Waals surface area contributed by atoms with Crippen LogP contribution in [0.4, 0.5) is 4.79 Å². The summed E-state index contributed by atoms with van der Waals surface area (Å²) in [5, 5.41) is 2.40. The van der Waals surface area contributed by atoms with Gasteiger partial charge in [-0.2, -0.15) is 0 Å². The van der Waals surface area contributed by atoms with Crippen LogP contribution in [0.2, 0.25) is 0 Å². The summed E-state index contributed by atoms with van der Waals surface area (Å²) >= 11 is 0. The van der Waals surface area contributed by atoms with Crippen LogP contribution in [-0.2, 0) is 9.53 Å². The van der Waals surface area contributed by atoms with Crippen molar-refractivity contribution in [2.75, 3.05) is 6.54 Å². The number of amides is 1. The summed E-state index contributed by atoms with van der Waals surface area (Å²) in [5.41, 5.74) is -0.544. The Morgan fingerprint density at radius 3 is 2.40 bits per heavy atom. The SMILES string of the molecule is C=C[C@@H](C)C(=O)CNC(=O)OC(C)(C)C. The van der Waals surface area contributed by atoms with Crippen LogP contribution in [0.25, 0.3) is 0 Å². The minimum atomic E-state index is -0.577. The summed E-state index contributed by atoms with van der Waals surface area (Å²) in [6, 6.07) is 0. The molecule has 0 saturated heterocycles. The number of alkyl carbamates (subject to hydrolysis) is 1. The summed E-state index contributed by atoms with van der Waals surface area (Å²) in [6.07, 6.45) is 0.964. The lowest BCUT2D eigenvalue weighted by molar-refractivity contribution is -0.120. The molecular weight excluding hydrogens is 194 g/mol. The lowest BCUT2D eigenvalue weighted by Crippen LogP contribution is -2.36. The van der Waals surface area contributed by atoms with E-state index >= 15 is 0 Å². The van der Waals surface area contributed by atoms with E-state index in [2.05, 4.69) is 11.9 Å². The highest BCUT2D eigenvalue weighted by atomic mass is 16.6. The minimum Gasteiger partial charge on any atom is -0.444 e. The van der Waals surface area contributed by atoms with Crippen LogP contribution in [0.1, 0.15) is 27.7 Å². The number of hydrogen-bond acceptors (Lipinski definition) is 3. The van der Waals surface area contributed by atoms with Gasteiger partial charge in [0.15, 0.2) is 5.78 Å². The number of nitrogens with one attached hydrogen (secondary N) is 1. The lowest BCUT2D eigenvalue weighted by atomic mass is 10.1. The zero-order valence-electron chi connectivity index (χ0n) is 9.79. The Labute approximate surface area is 90.7 Å². The molecule has 0 heterocycles. The maximum Gasteiger partial charge on any atom is 0.408 e. The van der Waals surface area contributed by atoms with E-state index < -0.39 is 11.7 Å². The van der Waals surface area contributed by atoms with E-state index in [1.807, 2.05) is 0 Å². The molecule has 0 aliphatic heterocycles. The number of allylic oxidation sites excluding steroid dienone is 1. The fourth-order valence-electron chi connectivity index (χ4n) is 0.766. The molecule has 15 heavy (non-hydrogen) atoms. The molecule has 1 amide bonds. The second-order valence-corrected chi connectivity index (χ2v) is 4.35. The Kier molecular flexibility index (Phi) is 5.05. The molecule has 0 rings (SSSR count). The van der Waals surface area contributed by atoms with Gasteiger partial charge in [-0.25, -0.2) is 4.79 Å². The molecule has 0 fully saturated rings. The third-order valence-corrected chi connectivity index (χ3v) is 1.67. The Hall–Kier alpha value is -1.32. The lowest BCUT2D eigenvalue weighted by Gasteiger charge is -2.19. The van der Waals surface area contributed by atoms with Crippen molar-refractivity contribution < 1.29 is 14.3 Å². The molecule has 0 bridgehead atoms. The van der Waals surface area contributed by atoms with Crippen LogP contribution < -0.4 is 5.32 Å². The maximum absolute atomic E-state index is 11.3. The van der Waals surface area contributed by atoms with E-state index in [9.17, 15) is 9.59 Å². The zero-order chi connectivity index (χ0) is 12.1. The monoisotopic (exact) mass is 213 g/mol. The molecule has 86 valence electrons. The topological polar surface area (TPSA) is 55.4 Å². The van der Waals surface area contributed by atoms with Crippen LogP contribution >= 0.6 is 0 Å². The van der Waals surface area contributed by atoms with Crippen molar-refractivity contribution in [2.45, 2.75) is 33.3 Å². The molecule has 0 saturated carbocycles. The second-order valence-electron chi connectivity index (χ2n) is 4.35. The first-order valence-corrected chi connectivity index (χ1v) is 4.88. The predicted octanol–water partition coefficient (Wildman–Crippen LogP) is 1.90. The van der Waals surface area contributed by atoms with Crippen LogP contribution in [0, 0.1) is 5.92 Å². The van der Waals surface area contributed by atoms with Crippen LogP contribution in [0.3, 0.4) is 0 Å². The van der Waals surface area contributed by atoms with Gasteiger partial charge in [-0.15, -0.1) is 6.58 Å². The standard InChI is InChI=1S/C11H19NO3/c1-6-8(2)9(13)7-12-10(14)15-11(3,4)5/h6,8H,1,7H2,2-5H3,(H,12,14)/t8-/m1/s1. The van der Waals surface area contributed by atoms with E-state index in [0.717, 1.165) is 0 Å². The van der Waals surface area contributed by atoms with Gasteiger partial charge in [0.1, 0.15) is 5.60 Å². The first-order chi connectivity index (χ1) is 6.76. The van der Waals surface area contributed by atoms with Crippen LogP contribution in [0.15, 0.2) is 12.7 Å². The van der Waals surface area contributed by atoms with Gasteiger partial charge >= 0.3 is 6.09 Å². The molecule has 0 aromatic rings. The normalized spacial score (nSPS) is 12.8. The van der Waals surface area contributed by atoms with Crippen molar-refractivity contribution in [3.8, 4) is 0 Å². The van der Waals surface area contributed by atoms with E-state index in [1.165, 1.54) is 0 Å². The quantitative estimate of drug-likeness (QED) is 0.726. The molecule has 1 N–H and O–H groups in total. The molecule has 0 spiro atoms. The van der Waals surface area contributed by atoms with Crippen LogP contribution in [-0.4, -0.2) is 24.0 Å². The van der Waals surface area contributed by atoms with E-state index in [0.29, 0.717) is 0 Å². The van der Waals surface area contributed by atoms with E-state index in [1.54, 1.807) is 33.8 Å². The van der Waals surface area contributed by atoms with Crippen molar-refractivity contribution in [1.29, 1.82) is 0 Å². The van der Waals surface area contributed by atoms with Gasteiger partial charge in [0.05, 0.1) is 6.54 Å². The summed E-state index contributed by atoms with van der Waals surface area (Å²) < 4.78 is 4.97. The fourth-order valence-corrected chi connectivity index (χ4v) is 0.766. The highest BCUT2D eigenvalue weighted by Crippen LogP contribution is 2.06. The third kappa shape index (κ3) is 6.71. The summed E-state index contributed by atoms with van der Waals surface area (Å²) in [5.74, 6) is -0.337. The zero-order valence-corrected chi connectivity index (χ0v) is 9.79. The van der Waals surface area contributed by atoms with Crippen LogP contribution in [0.5, 0.6) is 0 Å². The van der Waals surface area contributed by atoms with Gasteiger partial charge in [0.2, 0.25) is 0 Å². The van der Waals surface area contributed by atoms with E-state index in [4.69, 9.17) is 4.74 Å². The Bertz CT molecular complexity index is 253. The number of ketones is 1. The summed E-state index contributed by atoms with van der Waals surface area (Å²) in [4.78, 5) is 22.5. The van der Waals surface area contributed by atoms with Crippen molar-refractivity contribution in [3.05, 3.63) is 12.7 Å². The number of carbonyl (C=O) groups excluding carboxylic acids is 2. The van der Waals surface area contributed by atoms with E-state index in [-0.39, 0.29) is 18.2 Å². The molecule has 4 heteroatoms. The Balaban J connectivity index is 3.92. The molecule has 0 radical (unpaired) electrons. The van der Waals surface area contributed by atoms with Crippen molar-refractivity contribution >= 4 is 11.9 Å². The highest BCUT2D eigenvalue weighted by Gasteiger charge is 2.17. The van der Waals surface area contributed by atoms with Gasteiger partial charge in [0, 0.05) is 5.92 Å². The first-order valence-electron chi connectivity index (χ1n) is 4.88. The number of ether oxygens (including phenoxy) is 1. The second kappa shape index (κ2) is 5.53. The van der Waals surface area contributed by atoms with Crippen molar-refractivity contribution in [3.63, 3.8) is 0 Å². The number of Topliss-reactive ketones (excluding diaryl/α,β-unsaturated/α-hetero) is 1. The predicted molar refractivity (Wildman–Crippen MR) is 58.6 cm³/mol. The summed E-state index contributed by atoms with van der Waals surface area (Å²) in [7, 11) is 0. The molecule has 4 nitrogen and oxygen atoms in total. The highest BCUT2D eigenvalue weighted by molar-refractivity contribution is 5.86.